The molecule has 140 valence electrons. The van der Waals surface area contributed by atoms with Crippen LogP contribution in [-0.4, -0.2) is 34.7 Å². The summed E-state index contributed by atoms with van der Waals surface area (Å²) in [5.41, 5.74) is 2.25. The number of benzene rings is 1. The minimum absolute atomic E-state index is 0.0168. The van der Waals surface area contributed by atoms with Gasteiger partial charge in [0.05, 0.1) is 0 Å². The van der Waals surface area contributed by atoms with E-state index in [4.69, 9.17) is 0 Å². The van der Waals surface area contributed by atoms with Gasteiger partial charge in [-0.3, -0.25) is 14.4 Å². The number of ketones is 1. The van der Waals surface area contributed by atoms with Crippen molar-refractivity contribution >= 4 is 11.7 Å². The lowest BCUT2D eigenvalue weighted by atomic mass is 9.89. The molecule has 0 atom stereocenters. The number of nitrogens with zero attached hydrogens (tertiary/aromatic N) is 1. The summed E-state index contributed by atoms with van der Waals surface area (Å²) < 4.78 is 0. The van der Waals surface area contributed by atoms with Crippen molar-refractivity contribution in [2.24, 2.45) is 5.92 Å². The number of hydrogen-bond acceptors (Lipinski definition) is 3. The van der Waals surface area contributed by atoms with Gasteiger partial charge in [0, 0.05) is 30.8 Å². The van der Waals surface area contributed by atoms with Gasteiger partial charge in [-0.05, 0) is 49.7 Å². The van der Waals surface area contributed by atoms with Crippen molar-refractivity contribution in [1.82, 2.24) is 9.88 Å². The quantitative estimate of drug-likeness (QED) is 0.910. The summed E-state index contributed by atoms with van der Waals surface area (Å²) in [5.74, 6) is 0.318. The molecule has 1 amide bonds. The molecule has 0 unspecified atom stereocenters. The molecule has 2 aliphatic rings. The van der Waals surface area contributed by atoms with Crippen molar-refractivity contribution < 1.29 is 9.59 Å². The first-order valence-electron chi connectivity index (χ1n) is 9.74. The van der Waals surface area contributed by atoms with Crippen LogP contribution in [0.3, 0.4) is 0 Å². The molecule has 1 N–H and O–H groups in total. The summed E-state index contributed by atoms with van der Waals surface area (Å²) in [6.07, 6.45) is 4.82. The van der Waals surface area contributed by atoms with E-state index < -0.39 is 0 Å². The van der Waals surface area contributed by atoms with Crippen LogP contribution in [0.2, 0.25) is 0 Å². The number of amides is 1. The van der Waals surface area contributed by atoms with E-state index in [1.54, 1.807) is 4.90 Å². The zero-order valence-electron chi connectivity index (χ0n) is 15.4. The lowest BCUT2D eigenvalue weighted by Crippen LogP contribution is -2.41. The molecule has 1 aliphatic carbocycles. The second kappa shape index (κ2) is 7.51. The summed E-state index contributed by atoms with van der Waals surface area (Å²) in [4.78, 5) is 41.9. The summed E-state index contributed by atoms with van der Waals surface area (Å²) >= 11 is 0. The molecular formula is C22H24N2O3. The van der Waals surface area contributed by atoms with Gasteiger partial charge in [-0.15, -0.1) is 0 Å². The number of Topliss-reactive ketones (excluding diaryl/α,β-unsaturated/α-hetero) is 1. The Hall–Kier alpha value is -2.69. The van der Waals surface area contributed by atoms with Crippen LogP contribution in [0.25, 0.3) is 0 Å². The molecule has 2 aromatic rings. The number of carbonyl (C=O) groups is 2. The predicted molar refractivity (Wildman–Crippen MR) is 103 cm³/mol. The first-order valence-corrected chi connectivity index (χ1v) is 9.74. The van der Waals surface area contributed by atoms with Gasteiger partial charge >= 0.3 is 0 Å². The Morgan fingerprint density at radius 3 is 2.56 bits per heavy atom. The third-order valence-corrected chi connectivity index (χ3v) is 5.75. The first kappa shape index (κ1) is 17.7. The van der Waals surface area contributed by atoms with Gasteiger partial charge in [0.15, 0.2) is 5.78 Å². The number of rotatable bonds is 3. The van der Waals surface area contributed by atoms with Crippen LogP contribution < -0.4 is 5.56 Å². The van der Waals surface area contributed by atoms with E-state index in [9.17, 15) is 14.4 Å². The number of nitrogens with one attached hydrogen (secondary N) is 1. The molecule has 1 fully saturated rings. The fourth-order valence-corrected chi connectivity index (χ4v) is 4.19. The highest BCUT2D eigenvalue weighted by Gasteiger charge is 2.27. The maximum absolute atomic E-state index is 12.9. The highest BCUT2D eigenvalue weighted by molar-refractivity contribution is 6.01. The van der Waals surface area contributed by atoms with Crippen LogP contribution in [0.5, 0.6) is 0 Å². The van der Waals surface area contributed by atoms with Crippen LogP contribution in [0.15, 0.2) is 41.2 Å². The van der Waals surface area contributed by atoms with Crippen molar-refractivity contribution in [3.63, 3.8) is 0 Å². The molecule has 4 rings (SSSR count). The number of fused-ring (bicyclic) bond motifs is 1. The highest BCUT2D eigenvalue weighted by atomic mass is 16.2. The van der Waals surface area contributed by atoms with E-state index in [1.165, 1.54) is 11.6 Å². The van der Waals surface area contributed by atoms with Crippen molar-refractivity contribution in [1.29, 1.82) is 0 Å². The molecule has 0 saturated carbocycles. The molecule has 0 radical (unpaired) electrons. The number of likely N-dealkylation sites (tertiary alicyclic amines) is 1. The maximum Gasteiger partial charge on any atom is 0.261 e. The number of aromatic amines is 1. The smallest absolute Gasteiger partial charge is 0.261 e. The molecule has 0 bridgehead atoms. The number of aromatic nitrogens is 1. The number of carbonyl (C=O) groups excluding carboxylic acids is 2. The molecule has 1 saturated heterocycles. The zero-order valence-corrected chi connectivity index (χ0v) is 15.4. The molecule has 5 heteroatoms. The largest absolute Gasteiger partial charge is 0.338 e. The Balaban J connectivity index is 1.44. The Labute approximate surface area is 158 Å². The van der Waals surface area contributed by atoms with Crippen LogP contribution >= 0.6 is 0 Å². The number of H-pyrrole nitrogens is 1. The molecule has 27 heavy (non-hydrogen) atoms. The summed E-state index contributed by atoms with van der Waals surface area (Å²) in [6, 6.07) is 11.9. The van der Waals surface area contributed by atoms with Crippen molar-refractivity contribution in [3.05, 3.63) is 69.1 Å². The Morgan fingerprint density at radius 1 is 1.07 bits per heavy atom. The summed E-state index contributed by atoms with van der Waals surface area (Å²) in [5, 5.41) is 0. The fourth-order valence-electron chi connectivity index (χ4n) is 4.19. The van der Waals surface area contributed by atoms with Crippen LogP contribution in [0.4, 0.5) is 0 Å². The van der Waals surface area contributed by atoms with Gasteiger partial charge in [0.2, 0.25) is 0 Å². The molecule has 1 aromatic carbocycles. The first-order chi connectivity index (χ1) is 13.1. The fraction of sp³-hybridized carbons (Fsp3) is 0.409. The monoisotopic (exact) mass is 364 g/mol. The molecule has 1 aromatic heterocycles. The number of aryl methyl sites for hydroxylation is 1. The number of piperidine rings is 1. The van der Waals surface area contributed by atoms with E-state index in [0.29, 0.717) is 43.1 Å². The average molecular weight is 364 g/mol. The van der Waals surface area contributed by atoms with Gasteiger partial charge in [0.25, 0.3) is 11.5 Å². The molecule has 0 spiro atoms. The maximum atomic E-state index is 12.9. The molecule has 1 aliphatic heterocycles. The van der Waals surface area contributed by atoms with E-state index in [2.05, 4.69) is 29.2 Å². The number of hydrogen-bond donors (Lipinski definition) is 1. The zero-order chi connectivity index (χ0) is 18.8. The minimum Gasteiger partial charge on any atom is -0.338 e. The van der Waals surface area contributed by atoms with Crippen molar-refractivity contribution in [2.45, 2.75) is 38.5 Å². The van der Waals surface area contributed by atoms with E-state index in [0.717, 1.165) is 25.7 Å². The normalized spacial score (nSPS) is 17.6. The topological polar surface area (TPSA) is 70.2 Å². The van der Waals surface area contributed by atoms with E-state index in [-0.39, 0.29) is 22.8 Å². The SMILES string of the molecule is O=C1CCCc2[nH]c(=O)c(C(=O)N3CCC(Cc4ccccc4)CC3)cc21. The third-order valence-electron chi connectivity index (χ3n) is 5.75. The Morgan fingerprint density at radius 2 is 1.81 bits per heavy atom. The lowest BCUT2D eigenvalue weighted by Gasteiger charge is -2.32. The second-order valence-corrected chi connectivity index (χ2v) is 7.61. The summed E-state index contributed by atoms with van der Waals surface area (Å²) in [6.45, 7) is 1.31. The van der Waals surface area contributed by atoms with Crippen LogP contribution in [0.1, 0.15) is 57.7 Å². The molecule has 2 heterocycles. The van der Waals surface area contributed by atoms with Gasteiger partial charge in [-0.1, -0.05) is 30.3 Å². The van der Waals surface area contributed by atoms with E-state index >= 15 is 0 Å². The highest BCUT2D eigenvalue weighted by Crippen LogP contribution is 2.24. The van der Waals surface area contributed by atoms with Crippen LogP contribution in [0, 0.1) is 5.92 Å². The lowest BCUT2D eigenvalue weighted by molar-refractivity contribution is 0.0688. The van der Waals surface area contributed by atoms with Gasteiger partial charge in [0.1, 0.15) is 5.56 Å². The van der Waals surface area contributed by atoms with Gasteiger partial charge in [-0.2, -0.15) is 0 Å². The minimum atomic E-state index is -0.375. The third kappa shape index (κ3) is 3.72. The van der Waals surface area contributed by atoms with Crippen molar-refractivity contribution in [3.8, 4) is 0 Å². The average Bonchev–Trinajstić information content (AvgIpc) is 2.69. The standard InChI is InChI=1S/C22H24N2O3/c25-20-8-4-7-19-17(20)14-18(21(26)23-19)22(27)24-11-9-16(10-12-24)13-15-5-2-1-3-6-15/h1-3,5-6,14,16H,4,7-13H2,(H,23,26). The predicted octanol–water partition coefficient (Wildman–Crippen LogP) is 2.99. The van der Waals surface area contributed by atoms with Crippen LogP contribution in [-0.2, 0) is 12.8 Å². The van der Waals surface area contributed by atoms with Gasteiger partial charge in [-0.25, -0.2) is 0 Å². The Bertz CT molecular complexity index is 909. The molecule has 5 nitrogen and oxygen atoms in total. The van der Waals surface area contributed by atoms with Gasteiger partial charge < -0.3 is 9.88 Å². The van der Waals surface area contributed by atoms with Crippen molar-refractivity contribution in [2.75, 3.05) is 13.1 Å². The summed E-state index contributed by atoms with van der Waals surface area (Å²) in [7, 11) is 0. The number of pyridine rings is 1. The van der Waals surface area contributed by atoms with E-state index in [1.807, 2.05) is 6.07 Å². The second-order valence-electron chi connectivity index (χ2n) is 7.61. The Kier molecular flexibility index (Phi) is 4.92. The molecular weight excluding hydrogens is 340 g/mol.